The second kappa shape index (κ2) is 5.09. The Balaban J connectivity index is 2.66. The van der Waals surface area contributed by atoms with Crippen LogP contribution in [-0.4, -0.2) is 17.4 Å². The van der Waals surface area contributed by atoms with E-state index in [9.17, 15) is 4.79 Å². The number of carbonyl (C=O) groups excluding carboxylic acids is 1. The zero-order valence-electron chi connectivity index (χ0n) is 9.69. The van der Waals surface area contributed by atoms with Crippen molar-refractivity contribution in [2.24, 2.45) is 5.41 Å². The van der Waals surface area contributed by atoms with E-state index in [1.807, 2.05) is 6.07 Å². The van der Waals surface area contributed by atoms with Crippen LogP contribution in [0.15, 0.2) is 18.3 Å². The van der Waals surface area contributed by atoms with Crippen LogP contribution in [0.2, 0.25) is 0 Å². The molecule has 0 saturated heterocycles. The minimum absolute atomic E-state index is 0.234. The van der Waals surface area contributed by atoms with Crippen LogP contribution in [0.5, 0.6) is 0 Å². The fourth-order valence-corrected chi connectivity index (χ4v) is 1.03. The largest absolute Gasteiger partial charge is 0.349 e. The van der Waals surface area contributed by atoms with E-state index in [2.05, 4.69) is 16.4 Å². The third-order valence-corrected chi connectivity index (χ3v) is 2.12. The number of carbonyl (C=O) groups is 1. The van der Waals surface area contributed by atoms with Crippen LogP contribution < -0.4 is 5.32 Å². The van der Waals surface area contributed by atoms with Crippen LogP contribution in [0.25, 0.3) is 0 Å². The molecule has 5 nitrogen and oxygen atoms in total. The van der Waals surface area contributed by atoms with E-state index in [4.69, 9.17) is 10.5 Å². The molecule has 17 heavy (non-hydrogen) atoms. The number of hydrogen-bond donors (Lipinski definition) is 1. The number of hydrogen-bond acceptors (Lipinski definition) is 4. The maximum Gasteiger partial charge on any atom is 0.269 e. The van der Waals surface area contributed by atoms with E-state index in [0.29, 0.717) is 5.56 Å². The molecule has 5 heteroatoms. The molecule has 0 aliphatic carbocycles. The first kappa shape index (κ1) is 12.7. The van der Waals surface area contributed by atoms with Crippen LogP contribution >= 0.6 is 0 Å². The van der Waals surface area contributed by atoms with Gasteiger partial charge in [0.25, 0.3) is 5.91 Å². The van der Waals surface area contributed by atoms with Gasteiger partial charge < -0.3 is 5.32 Å². The van der Waals surface area contributed by atoms with Gasteiger partial charge in [0, 0.05) is 12.7 Å². The van der Waals surface area contributed by atoms with Crippen molar-refractivity contribution in [2.75, 3.05) is 6.54 Å². The van der Waals surface area contributed by atoms with Crippen molar-refractivity contribution < 1.29 is 4.79 Å². The van der Waals surface area contributed by atoms with Crippen LogP contribution in [0, 0.1) is 28.1 Å². The van der Waals surface area contributed by atoms with E-state index in [-0.39, 0.29) is 18.1 Å². The Bertz CT molecular complexity index is 491. The van der Waals surface area contributed by atoms with Crippen molar-refractivity contribution in [3.05, 3.63) is 29.6 Å². The Kier molecular flexibility index (Phi) is 3.79. The Morgan fingerprint density at radius 3 is 2.65 bits per heavy atom. The molecule has 0 atom stereocenters. The number of pyridine rings is 1. The summed E-state index contributed by atoms with van der Waals surface area (Å²) in [4.78, 5) is 15.5. The monoisotopic (exact) mass is 228 g/mol. The number of aromatic nitrogens is 1. The molecule has 86 valence electrons. The lowest BCUT2D eigenvalue weighted by Crippen LogP contribution is -2.33. The topological polar surface area (TPSA) is 89.6 Å². The van der Waals surface area contributed by atoms with Gasteiger partial charge in [-0.3, -0.25) is 4.79 Å². The zero-order chi connectivity index (χ0) is 12.9. The molecule has 0 unspecified atom stereocenters. The highest BCUT2D eigenvalue weighted by atomic mass is 16.1. The van der Waals surface area contributed by atoms with Crippen molar-refractivity contribution in [3.8, 4) is 12.1 Å². The molecule has 1 aromatic heterocycles. The van der Waals surface area contributed by atoms with Gasteiger partial charge in [-0.05, 0) is 26.0 Å². The summed E-state index contributed by atoms with van der Waals surface area (Å²) in [5.74, 6) is -0.349. The molecule has 1 rings (SSSR count). The van der Waals surface area contributed by atoms with E-state index >= 15 is 0 Å². The summed E-state index contributed by atoms with van der Waals surface area (Å²) in [7, 11) is 0. The molecule has 0 aliphatic heterocycles. The smallest absolute Gasteiger partial charge is 0.269 e. The van der Waals surface area contributed by atoms with Gasteiger partial charge in [-0.2, -0.15) is 10.5 Å². The molecule has 1 heterocycles. The predicted octanol–water partition coefficient (Wildman–Crippen LogP) is 1.23. The van der Waals surface area contributed by atoms with Gasteiger partial charge in [-0.1, -0.05) is 0 Å². The maximum absolute atomic E-state index is 11.6. The Hall–Kier alpha value is -2.40. The second-order valence-electron chi connectivity index (χ2n) is 4.22. The summed E-state index contributed by atoms with van der Waals surface area (Å²) in [6.07, 6.45) is 1.34. The first-order valence-corrected chi connectivity index (χ1v) is 5.04. The molecule has 0 aromatic carbocycles. The minimum Gasteiger partial charge on any atom is -0.349 e. The molecular formula is C12H12N4O. The van der Waals surface area contributed by atoms with Gasteiger partial charge >= 0.3 is 0 Å². The fourth-order valence-electron chi connectivity index (χ4n) is 1.03. The molecule has 1 amide bonds. The summed E-state index contributed by atoms with van der Waals surface area (Å²) < 4.78 is 0. The predicted molar refractivity (Wildman–Crippen MR) is 60.7 cm³/mol. The van der Waals surface area contributed by atoms with Crippen LogP contribution in [0.1, 0.15) is 29.9 Å². The molecule has 1 N–H and O–H groups in total. The van der Waals surface area contributed by atoms with Gasteiger partial charge in [-0.25, -0.2) is 4.98 Å². The van der Waals surface area contributed by atoms with Crippen molar-refractivity contribution in [2.45, 2.75) is 13.8 Å². The third kappa shape index (κ3) is 3.58. The van der Waals surface area contributed by atoms with Gasteiger partial charge in [0.05, 0.1) is 17.0 Å². The van der Waals surface area contributed by atoms with Crippen LogP contribution in [-0.2, 0) is 0 Å². The van der Waals surface area contributed by atoms with E-state index < -0.39 is 5.41 Å². The second-order valence-corrected chi connectivity index (χ2v) is 4.22. The van der Waals surface area contributed by atoms with Gasteiger partial charge in [0.15, 0.2) is 0 Å². The molecular weight excluding hydrogens is 216 g/mol. The van der Waals surface area contributed by atoms with Gasteiger partial charge in [-0.15, -0.1) is 0 Å². The van der Waals surface area contributed by atoms with Gasteiger partial charge in [0.2, 0.25) is 0 Å². The molecule has 0 fully saturated rings. The summed E-state index contributed by atoms with van der Waals surface area (Å²) in [5.41, 5.74) is 0.0269. The van der Waals surface area contributed by atoms with Crippen molar-refractivity contribution in [1.29, 1.82) is 10.5 Å². The highest BCUT2D eigenvalue weighted by molar-refractivity contribution is 5.92. The average Bonchev–Trinajstić information content (AvgIpc) is 2.36. The van der Waals surface area contributed by atoms with Crippen molar-refractivity contribution in [3.63, 3.8) is 0 Å². The summed E-state index contributed by atoms with van der Waals surface area (Å²) in [5, 5.41) is 20.0. The standard InChI is InChI=1S/C12H12N4O/c1-12(2,7-14)8-16-11(17)10-4-3-9(5-13)6-15-10/h3-4,6H,8H2,1-2H3,(H,16,17). The number of nitrogens with zero attached hydrogens (tertiary/aromatic N) is 3. The maximum atomic E-state index is 11.6. The summed E-state index contributed by atoms with van der Waals surface area (Å²) in [6, 6.07) is 7.01. The third-order valence-electron chi connectivity index (χ3n) is 2.12. The lowest BCUT2D eigenvalue weighted by atomic mass is 9.96. The summed E-state index contributed by atoms with van der Waals surface area (Å²) in [6.45, 7) is 3.73. The molecule has 1 aromatic rings. The number of amides is 1. The molecule has 0 bridgehead atoms. The van der Waals surface area contributed by atoms with Crippen LogP contribution in [0.4, 0.5) is 0 Å². The molecule has 0 spiro atoms. The van der Waals surface area contributed by atoms with Crippen LogP contribution in [0.3, 0.4) is 0 Å². The first-order valence-electron chi connectivity index (χ1n) is 5.04. The Morgan fingerprint density at radius 2 is 2.18 bits per heavy atom. The van der Waals surface area contributed by atoms with E-state index in [1.165, 1.54) is 18.3 Å². The fraction of sp³-hybridized carbons (Fsp3) is 0.333. The average molecular weight is 228 g/mol. The summed E-state index contributed by atoms with van der Waals surface area (Å²) >= 11 is 0. The number of nitriles is 2. The lowest BCUT2D eigenvalue weighted by Gasteiger charge is -2.15. The Morgan fingerprint density at radius 1 is 1.47 bits per heavy atom. The molecule has 0 aliphatic rings. The van der Waals surface area contributed by atoms with E-state index in [1.54, 1.807) is 13.8 Å². The quantitative estimate of drug-likeness (QED) is 0.842. The zero-order valence-corrected chi connectivity index (χ0v) is 9.69. The minimum atomic E-state index is -0.609. The SMILES string of the molecule is CC(C)(C#N)CNC(=O)c1ccc(C#N)cn1. The lowest BCUT2D eigenvalue weighted by molar-refractivity contribution is 0.0939. The van der Waals surface area contributed by atoms with Crippen molar-refractivity contribution in [1.82, 2.24) is 10.3 Å². The number of nitrogens with one attached hydrogen (secondary N) is 1. The molecule has 0 saturated carbocycles. The first-order chi connectivity index (χ1) is 7.98. The number of rotatable bonds is 3. The van der Waals surface area contributed by atoms with Gasteiger partial charge in [0.1, 0.15) is 11.8 Å². The highest BCUT2D eigenvalue weighted by Gasteiger charge is 2.18. The highest BCUT2D eigenvalue weighted by Crippen LogP contribution is 2.10. The van der Waals surface area contributed by atoms with E-state index in [0.717, 1.165) is 0 Å². The Labute approximate surface area is 99.7 Å². The van der Waals surface area contributed by atoms with Crippen molar-refractivity contribution >= 4 is 5.91 Å². The normalized spacial score (nSPS) is 10.1. The molecule has 0 radical (unpaired) electrons.